The van der Waals surface area contributed by atoms with E-state index in [9.17, 15) is 0 Å². The van der Waals surface area contributed by atoms with Crippen LogP contribution < -0.4 is 10.1 Å². The largest absolute Gasteiger partial charge is 0.491 e. The van der Waals surface area contributed by atoms with Gasteiger partial charge in [-0.15, -0.1) is 0 Å². The minimum Gasteiger partial charge on any atom is -0.491 e. The van der Waals surface area contributed by atoms with Crippen molar-refractivity contribution in [2.24, 2.45) is 0 Å². The van der Waals surface area contributed by atoms with Crippen LogP contribution in [-0.2, 0) is 4.74 Å². The van der Waals surface area contributed by atoms with Gasteiger partial charge in [-0.3, -0.25) is 0 Å². The zero-order valence-electron chi connectivity index (χ0n) is 13.3. The molecule has 0 unspecified atom stereocenters. The first-order valence-electron chi connectivity index (χ1n) is 7.83. The SMILES string of the molecule is CC[C@H](C)NCCOCCOc1ccc(Cl)c2ccccc12. The van der Waals surface area contributed by atoms with Crippen LogP contribution in [0.1, 0.15) is 20.3 Å². The molecule has 4 heteroatoms. The lowest BCUT2D eigenvalue weighted by molar-refractivity contribution is 0.101. The Bertz CT molecular complexity index is 588. The number of rotatable bonds is 9. The monoisotopic (exact) mass is 321 g/mol. The molecule has 2 aromatic rings. The standard InChI is InChI=1S/C18H24ClNO2/c1-3-14(2)20-10-11-21-12-13-22-18-9-8-17(19)15-6-4-5-7-16(15)18/h4-9,14,20H,3,10-13H2,1-2H3/t14-/m0/s1. The molecule has 120 valence electrons. The summed E-state index contributed by atoms with van der Waals surface area (Å²) in [6.07, 6.45) is 1.13. The van der Waals surface area contributed by atoms with Gasteiger partial charge in [0.1, 0.15) is 12.4 Å². The zero-order valence-corrected chi connectivity index (χ0v) is 14.0. The van der Waals surface area contributed by atoms with Crippen molar-refractivity contribution in [3.63, 3.8) is 0 Å². The average Bonchev–Trinajstić information content (AvgIpc) is 2.55. The van der Waals surface area contributed by atoms with Gasteiger partial charge in [-0.1, -0.05) is 42.8 Å². The van der Waals surface area contributed by atoms with Crippen LogP contribution in [0.5, 0.6) is 5.75 Å². The van der Waals surface area contributed by atoms with Crippen LogP contribution in [-0.4, -0.2) is 32.4 Å². The lowest BCUT2D eigenvalue weighted by atomic mass is 10.1. The summed E-state index contributed by atoms with van der Waals surface area (Å²) in [6, 6.07) is 12.3. The maximum atomic E-state index is 6.20. The van der Waals surface area contributed by atoms with Crippen LogP contribution in [0.2, 0.25) is 5.02 Å². The second-order valence-corrected chi connectivity index (χ2v) is 5.72. The van der Waals surface area contributed by atoms with Gasteiger partial charge < -0.3 is 14.8 Å². The third kappa shape index (κ3) is 4.87. The number of ether oxygens (including phenoxy) is 2. The molecule has 0 aliphatic heterocycles. The Morgan fingerprint density at radius 1 is 1.05 bits per heavy atom. The van der Waals surface area contributed by atoms with Crippen molar-refractivity contribution < 1.29 is 9.47 Å². The van der Waals surface area contributed by atoms with Crippen molar-refractivity contribution in [2.75, 3.05) is 26.4 Å². The van der Waals surface area contributed by atoms with Crippen molar-refractivity contribution in [2.45, 2.75) is 26.3 Å². The highest BCUT2D eigenvalue weighted by atomic mass is 35.5. The molecule has 2 rings (SSSR count). The average molecular weight is 322 g/mol. The fourth-order valence-electron chi connectivity index (χ4n) is 2.19. The lowest BCUT2D eigenvalue weighted by Gasteiger charge is -2.12. The lowest BCUT2D eigenvalue weighted by Crippen LogP contribution is -2.29. The van der Waals surface area contributed by atoms with E-state index in [1.807, 2.05) is 36.4 Å². The van der Waals surface area contributed by atoms with E-state index in [4.69, 9.17) is 21.1 Å². The minimum atomic E-state index is 0.537. The Balaban J connectivity index is 1.75. The summed E-state index contributed by atoms with van der Waals surface area (Å²) >= 11 is 6.20. The topological polar surface area (TPSA) is 30.5 Å². The number of hydrogen-bond acceptors (Lipinski definition) is 3. The van der Waals surface area contributed by atoms with Crippen molar-refractivity contribution >= 4 is 22.4 Å². The second-order valence-electron chi connectivity index (χ2n) is 5.32. The smallest absolute Gasteiger partial charge is 0.127 e. The second kappa shape index (κ2) is 8.99. The zero-order chi connectivity index (χ0) is 15.8. The van der Waals surface area contributed by atoms with Gasteiger partial charge in [0, 0.05) is 28.4 Å². The third-order valence-electron chi connectivity index (χ3n) is 3.67. The van der Waals surface area contributed by atoms with Gasteiger partial charge in [0.05, 0.1) is 13.2 Å². The fraction of sp³-hybridized carbons (Fsp3) is 0.444. The van der Waals surface area contributed by atoms with E-state index >= 15 is 0 Å². The number of halogens is 1. The molecule has 0 heterocycles. The van der Waals surface area contributed by atoms with E-state index in [0.29, 0.717) is 25.9 Å². The maximum absolute atomic E-state index is 6.20. The Morgan fingerprint density at radius 2 is 1.82 bits per heavy atom. The molecule has 2 aromatic carbocycles. The summed E-state index contributed by atoms with van der Waals surface area (Å²) in [5.74, 6) is 0.848. The van der Waals surface area contributed by atoms with E-state index in [2.05, 4.69) is 19.2 Å². The molecule has 0 amide bonds. The number of hydrogen-bond donors (Lipinski definition) is 1. The first kappa shape index (κ1) is 17.1. The van der Waals surface area contributed by atoms with Gasteiger partial charge in [0.2, 0.25) is 0 Å². The molecule has 22 heavy (non-hydrogen) atoms. The Morgan fingerprint density at radius 3 is 2.59 bits per heavy atom. The van der Waals surface area contributed by atoms with Crippen molar-refractivity contribution in [1.29, 1.82) is 0 Å². The number of nitrogens with one attached hydrogen (secondary N) is 1. The molecule has 3 nitrogen and oxygen atoms in total. The molecule has 0 aromatic heterocycles. The molecule has 0 radical (unpaired) electrons. The number of fused-ring (bicyclic) bond motifs is 1. The van der Waals surface area contributed by atoms with E-state index in [-0.39, 0.29) is 0 Å². The minimum absolute atomic E-state index is 0.537. The molecular weight excluding hydrogens is 298 g/mol. The first-order valence-corrected chi connectivity index (χ1v) is 8.21. The van der Waals surface area contributed by atoms with Gasteiger partial charge in [0.25, 0.3) is 0 Å². The van der Waals surface area contributed by atoms with E-state index in [0.717, 1.165) is 34.5 Å². The highest BCUT2D eigenvalue weighted by molar-refractivity contribution is 6.35. The Labute approximate surface area is 137 Å². The van der Waals surface area contributed by atoms with Gasteiger partial charge >= 0.3 is 0 Å². The molecule has 0 aliphatic carbocycles. The first-order chi connectivity index (χ1) is 10.7. The van der Waals surface area contributed by atoms with Crippen LogP contribution in [0, 0.1) is 0 Å². The highest BCUT2D eigenvalue weighted by Gasteiger charge is 2.05. The van der Waals surface area contributed by atoms with E-state index in [1.165, 1.54) is 0 Å². The van der Waals surface area contributed by atoms with Crippen molar-refractivity contribution in [3.05, 3.63) is 41.4 Å². The van der Waals surface area contributed by atoms with Crippen LogP contribution in [0.15, 0.2) is 36.4 Å². The summed E-state index contributed by atoms with van der Waals surface area (Å²) in [5.41, 5.74) is 0. The van der Waals surface area contributed by atoms with Gasteiger partial charge in [-0.05, 0) is 25.5 Å². The molecule has 0 bridgehead atoms. The van der Waals surface area contributed by atoms with Gasteiger partial charge in [-0.2, -0.15) is 0 Å². The van der Waals surface area contributed by atoms with Crippen LogP contribution in [0.25, 0.3) is 10.8 Å². The molecule has 0 saturated heterocycles. The normalized spacial score (nSPS) is 12.5. The van der Waals surface area contributed by atoms with Crippen LogP contribution in [0.4, 0.5) is 0 Å². The summed E-state index contributed by atoms with van der Waals surface area (Å²) < 4.78 is 11.4. The Kier molecular flexibility index (Phi) is 6.97. The summed E-state index contributed by atoms with van der Waals surface area (Å²) in [6.45, 7) is 7.04. The van der Waals surface area contributed by atoms with Crippen LogP contribution >= 0.6 is 11.6 Å². The Hall–Kier alpha value is -1.29. The van der Waals surface area contributed by atoms with Gasteiger partial charge in [-0.25, -0.2) is 0 Å². The van der Waals surface area contributed by atoms with Gasteiger partial charge in [0.15, 0.2) is 0 Å². The predicted octanol–water partition coefficient (Wildman–Crippen LogP) is 4.28. The third-order valence-corrected chi connectivity index (χ3v) is 4.00. The summed E-state index contributed by atoms with van der Waals surface area (Å²) in [5, 5.41) is 6.19. The molecule has 1 atom stereocenters. The predicted molar refractivity (Wildman–Crippen MR) is 93.0 cm³/mol. The molecule has 1 N–H and O–H groups in total. The maximum Gasteiger partial charge on any atom is 0.127 e. The van der Waals surface area contributed by atoms with E-state index in [1.54, 1.807) is 0 Å². The fourth-order valence-corrected chi connectivity index (χ4v) is 2.42. The molecule has 0 fully saturated rings. The highest BCUT2D eigenvalue weighted by Crippen LogP contribution is 2.31. The summed E-state index contributed by atoms with van der Waals surface area (Å²) in [4.78, 5) is 0. The van der Waals surface area contributed by atoms with E-state index < -0.39 is 0 Å². The number of benzene rings is 2. The molecule has 0 saturated carbocycles. The molecule has 0 spiro atoms. The quantitative estimate of drug-likeness (QED) is 0.699. The van der Waals surface area contributed by atoms with Crippen molar-refractivity contribution in [3.8, 4) is 5.75 Å². The summed E-state index contributed by atoms with van der Waals surface area (Å²) in [7, 11) is 0. The molecule has 0 aliphatic rings. The van der Waals surface area contributed by atoms with Crippen molar-refractivity contribution in [1.82, 2.24) is 5.32 Å². The van der Waals surface area contributed by atoms with Crippen LogP contribution in [0.3, 0.4) is 0 Å². The molecular formula is C18H24ClNO2.